The Bertz CT molecular complexity index is 1340. The number of ketones is 1. The Balaban J connectivity index is 1.44. The summed E-state index contributed by atoms with van der Waals surface area (Å²) in [5.41, 5.74) is 2.42. The molecule has 1 fully saturated rings. The van der Waals surface area contributed by atoms with E-state index in [0.717, 1.165) is 20.9 Å². The number of rotatable bonds is 7. The lowest BCUT2D eigenvalue weighted by Crippen LogP contribution is -2.56. The molecule has 1 aliphatic heterocycles. The van der Waals surface area contributed by atoms with Gasteiger partial charge in [0, 0.05) is 37.4 Å². The molecule has 0 bridgehead atoms. The summed E-state index contributed by atoms with van der Waals surface area (Å²) in [6, 6.07) is 11.4. The molecule has 3 aromatic rings. The fourth-order valence-electron chi connectivity index (χ4n) is 4.18. The molecule has 0 spiro atoms. The van der Waals surface area contributed by atoms with Crippen molar-refractivity contribution in [1.82, 2.24) is 14.6 Å². The van der Waals surface area contributed by atoms with E-state index in [9.17, 15) is 18.0 Å². The molecule has 4 rings (SSSR count). The van der Waals surface area contributed by atoms with Gasteiger partial charge in [-0.05, 0) is 62.2 Å². The minimum absolute atomic E-state index is 0.0243. The van der Waals surface area contributed by atoms with Crippen LogP contribution in [-0.4, -0.2) is 62.2 Å². The molecule has 1 saturated heterocycles. The molecule has 1 N–H and O–H groups in total. The van der Waals surface area contributed by atoms with Gasteiger partial charge >= 0.3 is 0 Å². The summed E-state index contributed by atoms with van der Waals surface area (Å²) in [5, 5.41) is 0.867. The highest BCUT2D eigenvalue weighted by atomic mass is 32.2. The van der Waals surface area contributed by atoms with Gasteiger partial charge in [-0.25, -0.2) is 13.4 Å². The maximum Gasteiger partial charge on any atom is 0.241 e. The van der Waals surface area contributed by atoms with Crippen molar-refractivity contribution in [3.63, 3.8) is 0 Å². The van der Waals surface area contributed by atoms with Gasteiger partial charge in [-0.1, -0.05) is 13.8 Å². The van der Waals surface area contributed by atoms with Gasteiger partial charge in [0.15, 0.2) is 5.78 Å². The number of fused-ring (bicyclic) bond motifs is 1. The van der Waals surface area contributed by atoms with Crippen LogP contribution in [0.2, 0.25) is 0 Å². The van der Waals surface area contributed by atoms with Crippen LogP contribution in [0.4, 0.5) is 5.69 Å². The van der Waals surface area contributed by atoms with E-state index >= 15 is 0 Å². The van der Waals surface area contributed by atoms with Crippen molar-refractivity contribution in [3.05, 3.63) is 53.0 Å². The topological polar surface area (TPSA) is 99.7 Å². The number of nitrogens with one attached hydrogen (secondary N) is 1. The van der Waals surface area contributed by atoms with Gasteiger partial charge in [0.2, 0.25) is 15.9 Å². The van der Waals surface area contributed by atoms with Crippen LogP contribution in [0.1, 0.15) is 36.1 Å². The Morgan fingerprint density at radius 2 is 1.69 bits per heavy atom. The molecule has 0 aliphatic carbocycles. The first-order chi connectivity index (χ1) is 16.5. The fraction of sp³-hybridized carbons (Fsp3) is 0.400. The molecule has 0 unspecified atom stereocenters. The molecule has 35 heavy (non-hydrogen) atoms. The Hall–Kier alpha value is -2.82. The van der Waals surface area contributed by atoms with Crippen molar-refractivity contribution in [2.45, 2.75) is 38.6 Å². The second kappa shape index (κ2) is 10.0. The zero-order valence-electron chi connectivity index (χ0n) is 20.3. The molecule has 1 amide bonds. The number of amides is 1. The molecule has 186 valence electrons. The molecule has 1 aliphatic rings. The minimum Gasteiger partial charge on any atom is -0.368 e. The van der Waals surface area contributed by atoms with Gasteiger partial charge in [-0.15, -0.1) is 11.3 Å². The zero-order chi connectivity index (χ0) is 25.3. The van der Waals surface area contributed by atoms with E-state index in [1.165, 1.54) is 24.3 Å². The van der Waals surface area contributed by atoms with Crippen LogP contribution >= 0.6 is 11.3 Å². The van der Waals surface area contributed by atoms with Gasteiger partial charge in [-0.2, -0.15) is 4.72 Å². The highest BCUT2D eigenvalue weighted by Crippen LogP contribution is 2.25. The number of piperazine rings is 1. The third-order valence-corrected chi connectivity index (χ3v) is 8.59. The van der Waals surface area contributed by atoms with Gasteiger partial charge in [0.25, 0.3) is 0 Å². The van der Waals surface area contributed by atoms with Crippen molar-refractivity contribution in [2.75, 3.05) is 31.1 Å². The van der Waals surface area contributed by atoms with E-state index in [1.54, 1.807) is 17.0 Å². The van der Waals surface area contributed by atoms with Crippen molar-refractivity contribution < 1.29 is 18.0 Å². The molecule has 8 nitrogen and oxygen atoms in total. The van der Waals surface area contributed by atoms with E-state index in [4.69, 9.17) is 0 Å². The highest BCUT2D eigenvalue weighted by Gasteiger charge is 2.33. The van der Waals surface area contributed by atoms with Gasteiger partial charge in [-0.3, -0.25) is 9.59 Å². The third kappa shape index (κ3) is 5.55. The summed E-state index contributed by atoms with van der Waals surface area (Å²) in [6.07, 6.45) is 0. The van der Waals surface area contributed by atoms with E-state index in [0.29, 0.717) is 31.7 Å². The first-order valence-corrected chi connectivity index (χ1v) is 13.9. The van der Waals surface area contributed by atoms with Crippen molar-refractivity contribution in [1.29, 1.82) is 0 Å². The first-order valence-electron chi connectivity index (χ1n) is 11.6. The lowest BCUT2D eigenvalue weighted by Gasteiger charge is -2.38. The monoisotopic (exact) mass is 514 g/mol. The van der Waals surface area contributed by atoms with Crippen LogP contribution in [0.5, 0.6) is 0 Å². The van der Waals surface area contributed by atoms with Gasteiger partial charge < -0.3 is 9.80 Å². The van der Waals surface area contributed by atoms with Crippen molar-refractivity contribution >= 4 is 49.0 Å². The van der Waals surface area contributed by atoms with Crippen LogP contribution < -0.4 is 9.62 Å². The van der Waals surface area contributed by atoms with E-state index < -0.39 is 16.1 Å². The predicted molar refractivity (Wildman–Crippen MR) is 139 cm³/mol. The van der Waals surface area contributed by atoms with Crippen LogP contribution in [0.15, 0.2) is 47.4 Å². The normalized spacial score (nSPS) is 15.6. The number of hydrogen-bond donors (Lipinski definition) is 1. The number of nitrogens with zero attached hydrogens (tertiary/aromatic N) is 3. The van der Waals surface area contributed by atoms with Gasteiger partial charge in [0.05, 0.1) is 20.1 Å². The van der Waals surface area contributed by atoms with E-state index in [1.807, 2.05) is 45.0 Å². The van der Waals surface area contributed by atoms with Crippen molar-refractivity contribution in [3.8, 4) is 0 Å². The number of anilines is 1. The van der Waals surface area contributed by atoms with Gasteiger partial charge in [0.1, 0.15) is 6.04 Å². The smallest absolute Gasteiger partial charge is 0.241 e. The number of aryl methyl sites for hydroxylation is 1. The average molecular weight is 515 g/mol. The lowest BCUT2D eigenvalue weighted by atomic mass is 10.0. The summed E-state index contributed by atoms with van der Waals surface area (Å²) in [6.45, 7) is 9.34. The van der Waals surface area contributed by atoms with E-state index in [2.05, 4.69) is 14.6 Å². The molecule has 0 saturated carbocycles. The van der Waals surface area contributed by atoms with Crippen LogP contribution in [0, 0.1) is 12.8 Å². The second-order valence-electron chi connectivity index (χ2n) is 9.12. The number of benzene rings is 2. The minimum atomic E-state index is -3.89. The number of sulfonamides is 1. The average Bonchev–Trinajstić information content (AvgIpc) is 3.21. The molecule has 1 aromatic heterocycles. The standard InChI is InChI=1S/C25H30N4O4S2/c1-16(2)24(27-35(32,33)21-9-10-22-23(15-21)34-18(4)26-22)25(31)29-13-11-28(12-14-29)20-7-5-19(6-8-20)17(3)30/h5-10,15-16,24,27H,11-14H2,1-4H3/t24-/m1/s1. The molecular weight excluding hydrogens is 484 g/mol. The van der Waals surface area contributed by atoms with Crippen molar-refractivity contribution in [2.24, 2.45) is 5.92 Å². The summed E-state index contributed by atoms with van der Waals surface area (Å²) in [4.78, 5) is 33.3. The SMILES string of the molecule is CC(=O)c1ccc(N2CCN(C(=O)[C@H](NS(=O)(=O)c3ccc4nc(C)sc4c3)C(C)C)CC2)cc1. The molecule has 2 heterocycles. The van der Waals surface area contributed by atoms with Crippen LogP contribution in [0.25, 0.3) is 10.2 Å². The number of carbonyl (C=O) groups is 2. The van der Waals surface area contributed by atoms with Crippen LogP contribution in [0.3, 0.4) is 0 Å². The fourth-order valence-corrected chi connectivity index (χ4v) is 6.49. The Kier molecular flexibility index (Phi) is 7.25. The molecule has 2 aromatic carbocycles. The number of carbonyl (C=O) groups excluding carboxylic acids is 2. The molecule has 1 atom stereocenters. The number of aromatic nitrogens is 1. The van der Waals surface area contributed by atoms with E-state index in [-0.39, 0.29) is 22.5 Å². The largest absolute Gasteiger partial charge is 0.368 e. The number of hydrogen-bond acceptors (Lipinski definition) is 7. The Morgan fingerprint density at radius 1 is 1.03 bits per heavy atom. The maximum atomic E-state index is 13.4. The van der Waals surface area contributed by atoms with Crippen LogP contribution in [-0.2, 0) is 14.8 Å². The zero-order valence-corrected chi connectivity index (χ0v) is 21.9. The predicted octanol–water partition coefficient (Wildman–Crippen LogP) is 3.46. The Labute approximate surface area is 210 Å². The Morgan fingerprint density at radius 3 is 2.29 bits per heavy atom. The molecular formula is C25H30N4O4S2. The third-order valence-electron chi connectivity index (χ3n) is 6.22. The quantitative estimate of drug-likeness (QED) is 0.485. The molecule has 10 heteroatoms. The number of Topliss-reactive ketones (excluding diaryl/α,β-unsaturated/α-hetero) is 1. The maximum absolute atomic E-state index is 13.4. The summed E-state index contributed by atoms with van der Waals surface area (Å²) >= 11 is 1.44. The second-order valence-corrected chi connectivity index (χ2v) is 12.1. The highest BCUT2D eigenvalue weighted by molar-refractivity contribution is 7.89. The summed E-state index contributed by atoms with van der Waals surface area (Å²) in [5.74, 6) is -0.412. The number of thiazole rings is 1. The molecule has 0 radical (unpaired) electrons. The summed E-state index contributed by atoms with van der Waals surface area (Å²) in [7, 11) is -3.89. The first kappa shape index (κ1) is 25.3. The summed E-state index contributed by atoms with van der Waals surface area (Å²) < 4.78 is 29.8. The lowest BCUT2D eigenvalue weighted by molar-refractivity contribution is -0.134.